The quantitative estimate of drug-likeness (QED) is 0.831. The lowest BCUT2D eigenvalue weighted by molar-refractivity contribution is -0.169. The van der Waals surface area contributed by atoms with Crippen LogP contribution >= 0.6 is 11.6 Å². The summed E-state index contributed by atoms with van der Waals surface area (Å²) in [6.45, 7) is 5.47. The number of rotatable bonds is 2. The fourth-order valence-corrected chi connectivity index (χ4v) is 3.22. The maximum atomic E-state index is 6.39. The van der Waals surface area contributed by atoms with Crippen molar-refractivity contribution in [2.24, 2.45) is 0 Å². The molecule has 2 saturated heterocycles. The van der Waals surface area contributed by atoms with Gasteiger partial charge in [-0.25, -0.2) is 0 Å². The second-order valence-corrected chi connectivity index (χ2v) is 5.64. The van der Waals surface area contributed by atoms with Crippen LogP contribution in [0.5, 0.6) is 0 Å². The molecular weight excluding hydrogens is 262 g/mol. The minimum atomic E-state index is -0.313. The smallest absolute Gasteiger partial charge is 0.171 e. The molecule has 4 heteroatoms. The Morgan fingerprint density at radius 1 is 1.21 bits per heavy atom. The molecule has 2 heterocycles. The molecule has 2 aliphatic heterocycles. The zero-order chi connectivity index (χ0) is 13.3. The van der Waals surface area contributed by atoms with E-state index in [-0.39, 0.29) is 5.79 Å². The van der Waals surface area contributed by atoms with Gasteiger partial charge in [-0.1, -0.05) is 24.6 Å². The van der Waals surface area contributed by atoms with E-state index in [9.17, 15) is 0 Å². The molecule has 3 nitrogen and oxygen atoms in total. The van der Waals surface area contributed by atoms with Gasteiger partial charge in [-0.2, -0.15) is 0 Å². The molecule has 0 N–H and O–H groups in total. The van der Waals surface area contributed by atoms with E-state index in [1.807, 2.05) is 0 Å². The summed E-state index contributed by atoms with van der Waals surface area (Å²) in [5, 5.41) is 0.851. The van der Waals surface area contributed by atoms with Crippen molar-refractivity contribution in [3.05, 3.63) is 28.8 Å². The summed E-state index contributed by atoms with van der Waals surface area (Å²) in [5.41, 5.74) is 2.41. The average Bonchev–Trinajstić information content (AvgIpc) is 2.88. The van der Waals surface area contributed by atoms with Gasteiger partial charge in [0, 0.05) is 25.9 Å². The van der Waals surface area contributed by atoms with Gasteiger partial charge in [0.05, 0.1) is 23.9 Å². The highest BCUT2D eigenvalue weighted by atomic mass is 35.5. The van der Waals surface area contributed by atoms with Crippen molar-refractivity contribution in [3.63, 3.8) is 0 Å². The largest absolute Gasteiger partial charge is 0.370 e. The topological polar surface area (TPSA) is 21.7 Å². The van der Waals surface area contributed by atoms with E-state index < -0.39 is 0 Å². The molecule has 1 aromatic carbocycles. The van der Waals surface area contributed by atoms with Crippen molar-refractivity contribution in [1.82, 2.24) is 0 Å². The van der Waals surface area contributed by atoms with E-state index in [1.54, 1.807) is 0 Å². The van der Waals surface area contributed by atoms with Crippen molar-refractivity contribution in [2.45, 2.75) is 32.0 Å². The van der Waals surface area contributed by atoms with E-state index in [0.29, 0.717) is 0 Å². The molecule has 0 aliphatic carbocycles. The van der Waals surface area contributed by atoms with Gasteiger partial charge >= 0.3 is 0 Å². The summed E-state index contributed by atoms with van der Waals surface area (Å²) in [6, 6.07) is 6.37. The Morgan fingerprint density at radius 3 is 2.47 bits per heavy atom. The van der Waals surface area contributed by atoms with E-state index in [1.165, 1.54) is 5.56 Å². The monoisotopic (exact) mass is 281 g/mol. The summed E-state index contributed by atoms with van der Waals surface area (Å²) >= 11 is 6.39. The minimum Gasteiger partial charge on any atom is -0.370 e. The molecule has 0 bridgehead atoms. The molecule has 0 amide bonds. The molecule has 104 valence electrons. The van der Waals surface area contributed by atoms with E-state index >= 15 is 0 Å². The molecule has 1 spiro atoms. The van der Waals surface area contributed by atoms with Gasteiger partial charge in [-0.15, -0.1) is 0 Å². The number of aryl methyl sites for hydroxylation is 1. The zero-order valence-electron chi connectivity index (χ0n) is 11.3. The Hall–Kier alpha value is -0.770. The number of hydrogen-bond acceptors (Lipinski definition) is 3. The predicted molar refractivity (Wildman–Crippen MR) is 76.9 cm³/mol. The lowest BCUT2D eigenvalue weighted by Gasteiger charge is -2.39. The SMILES string of the molecule is CCc1ccc(N2CCC3(CC2)OCCO3)c(Cl)c1. The van der Waals surface area contributed by atoms with Gasteiger partial charge in [0.25, 0.3) is 0 Å². The van der Waals surface area contributed by atoms with Gasteiger partial charge in [-0.3, -0.25) is 0 Å². The van der Waals surface area contributed by atoms with Crippen LogP contribution in [0.2, 0.25) is 5.02 Å². The Labute approximate surface area is 119 Å². The van der Waals surface area contributed by atoms with Crippen molar-refractivity contribution in [3.8, 4) is 0 Å². The molecule has 19 heavy (non-hydrogen) atoms. The first-order valence-corrected chi connectivity index (χ1v) is 7.41. The molecule has 3 rings (SSSR count). The second-order valence-electron chi connectivity index (χ2n) is 5.23. The molecule has 2 aliphatic rings. The summed E-state index contributed by atoms with van der Waals surface area (Å²) in [6.07, 6.45) is 2.85. The lowest BCUT2D eigenvalue weighted by atomic mass is 10.0. The molecule has 0 unspecified atom stereocenters. The van der Waals surface area contributed by atoms with Crippen molar-refractivity contribution >= 4 is 17.3 Å². The number of hydrogen-bond donors (Lipinski definition) is 0. The van der Waals surface area contributed by atoms with Crippen LogP contribution in [0.1, 0.15) is 25.3 Å². The summed E-state index contributed by atoms with van der Waals surface area (Å²) < 4.78 is 11.5. The number of halogens is 1. The maximum absolute atomic E-state index is 6.39. The Morgan fingerprint density at radius 2 is 1.89 bits per heavy atom. The fraction of sp³-hybridized carbons (Fsp3) is 0.600. The number of ether oxygens (including phenoxy) is 2. The number of anilines is 1. The van der Waals surface area contributed by atoms with Crippen molar-refractivity contribution < 1.29 is 9.47 Å². The first-order chi connectivity index (χ1) is 9.22. The molecule has 0 aromatic heterocycles. The number of benzene rings is 1. The normalized spacial score (nSPS) is 22.1. The van der Waals surface area contributed by atoms with Crippen LogP contribution in [-0.2, 0) is 15.9 Å². The highest BCUT2D eigenvalue weighted by Gasteiger charge is 2.39. The summed E-state index contributed by atoms with van der Waals surface area (Å²) in [4.78, 5) is 2.33. The highest BCUT2D eigenvalue weighted by molar-refractivity contribution is 6.33. The van der Waals surface area contributed by atoms with Crippen LogP contribution in [-0.4, -0.2) is 32.1 Å². The van der Waals surface area contributed by atoms with Gasteiger partial charge in [-0.05, 0) is 24.1 Å². The summed E-state index contributed by atoms with van der Waals surface area (Å²) in [5.74, 6) is -0.313. The van der Waals surface area contributed by atoms with Crippen molar-refractivity contribution in [1.29, 1.82) is 0 Å². The van der Waals surface area contributed by atoms with Gasteiger partial charge in [0.2, 0.25) is 0 Å². The fourth-order valence-electron chi connectivity index (χ4n) is 2.90. The van der Waals surface area contributed by atoms with Crippen LogP contribution in [0, 0.1) is 0 Å². The zero-order valence-corrected chi connectivity index (χ0v) is 12.1. The third-order valence-electron chi connectivity index (χ3n) is 4.10. The molecule has 0 saturated carbocycles. The van der Waals surface area contributed by atoms with Crippen LogP contribution in [0.25, 0.3) is 0 Å². The Bertz CT molecular complexity index is 447. The third kappa shape index (κ3) is 2.60. The molecular formula is C15H20ClNO2. The molecule has 1 aromatic rings. The van der Waals surface area contributed by atoms with Gasteiger partial charge < -0.3 is 14.4 Å². The van der Waals surface area contributed by atoms with Crippen LogP contribution < -0.4 is 4.90 Å². The molecule has 0 radical (unpaired) electrons. The second kappa shape index (κ2) is 5.31. The van der Waals surface area contributed by atoms with Crippen molar-refractivity contribution in [2.75, 3.05) is 31.2 Å². The van der Waals surface area contributed by atoms with E-state index in [2.05, 4.69) is 30.0 Å². The molecule has 2 fully saturated rings. The van der Waals surface area contributed by atoms with Gasteiger partial charge in [0.15, 0.2) is 5.79 Å². The highest BCUT2D eigenvalue weighted by Crippen LogP contribution is 2.35. The lowest BCUT2D eigenvalue weighted by Crippen LogP contribution is -2.45. The minimum absolute atomic E-state index is 0.313. The number of piperidine rings is 1. The number of nitrogens with zero attached hydrogens (tertiary/aromatic N) is 1. The standard InChI is InChI=1S/C15H20ClNO2/c1-2-12-3-4-14(13(16)11-12)17-7-5-15(6-8-17)18-9-10-19-15/h3-4,11H,2,5-10H2,1H3. The average molecular weight is 282 g/mol. The predicted octanol–water partition coefficient (Wildman–Crippen LogP) is 3.25. The van der Waals surface area contributed by atoms with E-state index in [0.717, 1.165) is 56.3 Å². The Balaban J connectivity index is 1.71. The first-order valence-electron chi connectivity index (χ1n) is 7.04. The van der Waals surface area contributed by atoms with Crippen LogP contribution in [0.4, 0.5) is 5.69 Å². The molecule has 0 atom stereocenters. The third-order valence-corrected chi connectivity index (χ3v) is 4.40. The maximum Gasteiger partial charge on any atom is 0.171 e. The summed E-state index contributed by atoms with van der Waals surface area (Å²) in [7, 11) is 0. The van der Waals surface area contributed by atoms with Gasteiger partial charge in [0.1, 0.15) is 0 Å². The van der Waals surface area contributed by atoms with Crippen LogP contribution in [0.15, 0.2) is 18.2 Å². The van der Waals surface area contributed by atoms with E-state index in [4.69, 9.17) is 21.1 Å². The Kier molecular flexibility index (Phi) is 3.70. The van der Waals surface area contributed by atoms with Crippen LogP contribution in [0.3, 0.4) is 0 Å². The first kappa shape index (κ1) is 13.2.